The van der Waals surface area contributed by atoms with E-state index in [0.717, 1.165) is 5.56 Å². The van der Waals surface area contributed by atoms with Crippen LogP contribution in [0.4, 0.5) is 0 Å². The summed E-state index contributed by atoms with van der Waals surface area (Å²) < 4.78 is 5.50. The zero-order valence-corrected chi connectivity index (χ0v) is 7.43. The van der Waals surface area contributed by atoms with Crippen LogP contribution in [0.5, 0.6) is 0 Å². The SMILES string of the molecule is CC1CON=C(c2ccccc2)O1. The van der Waals surface area contributed by atoms with Crippen molar-refractivity contribution in [1.29, 1.82) is 0 Å². The molecule has 0 spiro atoms. The van der Waals surface area contributed by atoms with Crippen LogP contribution in [-0.4, -0.2) is 18.6 Å². The third-order valence-corrected chi connectivity index (χ3v) is 1.79. The molecule has 0 radical (unpaired) electrons. The highest BCUT2D eigenvalue weighted by atomic mass is 16.7. The van der Waals surface area contributed by atoms with Crippen LogP contribution < -0.4 is 0 Å². The summed E-state index contributed by atoms with van der Waals surface area (Å²) in [4.78, 5) is 5.01. The maximum Gasteiger partial charge on any atom is 0.257 e. The average molecular weight is 177 g/mol. The average Bonchev–Trinajstić information content (AvgIpc) is 2.19. The molecule has 1 aromatic rings. The Labute approximate surface area is 77.0 Å². The van der Waals surface area contributed by atoms with Crippen molar-refractivity contribution < 1.29 is 9.57 Å². The van der Waals surface area contributed by atoms with E-state index < -0.39 is 0 Å². The maximum atomic E-state index is 5.50. The van der Waals surface area contributed by atoms with Gasteiger partial charge in [-0.2, -0.15) is 0 Å². The van der Waals surface area contributed by atoms with Crippen molar-refractivity contribution in [3.63, 3.8) is 0 Å². The molecule has 0 saturated carbocycles. The minimum Gasteiger partial charge on any atom is -0.468 e. The maximum absolute atomic E-state index is 5.50. The first kappa shape index (κ1) is 8.10. The molecule has 0 N–H and O–H groups in total. The Morgan fingerprint density at radius 3 is 2.77 bits per heavy atom. The topological polar surface area (TPSA) is 30.8 Å². The molecular weight excluding hydrogens is 166 g/mol. The van der Waals surface area contributed by atoms with E-state index in [4.69, 9.17) is 9.57 Å². The molecule has 1 heterocycles. The minimum absolute atomic E-state index is 0.0766. The number of benzene rings is 1. The van der Waals surface area contributed by atoms with Crippen molar-refractivity contribution in [1.82, 2.24) is 0 Å². The summed E-state index contributed by atoms with van der Waals surface area (Å²) >= 11 is 0. The van der Waals surface area contributed by atoms with E-state index in [9.17, 15) is 0 Å². The van der Waals surface area contributed by atoms with E-state index in [2.05, 4.69) is 5.16 Å². The Kier molecular flexibility index (Phi) is 2.17. The first-order chi connectivity index (χ1) is 6.36. The summed E-state index contributed by atoms with van der Waals surface area (Å²) in [7, 11) is 0. The normalized spacial score (nSPS) is 21.3. The van der Waals surface area contributed by atoms with Gasteiger partial charge < -0.3 is 9.57 Å². The van der Waals surface area contributed by atoms with Gasteiger partial charge in [0, 0.05) is 5.56 Å². The molecule has 68 valence electrons. The molecule has 3 heteroatoms. The summed E-state index contributed by atoms with van der Waals surface area (Å²) in [5.41, 5.74) is 0.953. The molecule has 13 heavy (non-hydrogen) atoms. The third kappa shape index (κ3) is 1.80. The lowest BCUT2D eigenvalue weighted by Gasteiger charge is -2.19. The Bertz CT molecular complexity index is 308. The van der Waals surface area contributed by atoms with Crippen LogP contribution in [0.3, 0.4) is 0 Å². The van der Waals surface area contributed by atoms with E-state index in [1.54, 1.807) is 0 Å². The number of hydrogen-bond acceptors (Lipinski definition) is 3. The van der Waals surface area contributed by atoms with E-state index in [1.807, 2.05) is 37.3 Å². The van der Waals surface area contributed by atoms with Gasteiger partial charge in [0.25, 0.3) is 5.90 Å². The van der Waals surface area contributed by atoms with Gasteiger partial charge in [-0.15, -0.1) is 0 Å². The van der Waals surface area contributed by atoms with Gasteiger partial charge in [0.2, 0.25) is 0 Å². The van der Waals surface area contributed by atoms with Crippen LogP contribution in [0.1, 0.15) is 12.5 Å². The fourth-order valence-electron chi connectivity index (χ4n) is 1.15. The molecule has 0 bridgehead atoms. The van der Waals surface area contributed by atoms with Gasteiger partial charge in [0.15, 0.2) is 6.61 Å². The number of hydrogen-bond donors (Lipinski definition) is 0. The van der Waals surface area contributed by atoms with Crippen LogP contribution in [0.2, 0.25) is 0 Å². The van der Waals surface area contributed by atoms with Gasteiger partial charge in [-0.1, -0.05) is 18.2 Å². The van der Waals surface area contributed by atoms with Crippen LogP contribution >= 0.6 is 0 Å². The predicted octanol–water partition coefficient (Wildman–Crippen LogP) is 1.78. The van der Waals surface area contributed by atoms with Crippen molar-refractivity contribution in [3.05, 3.63) is 35.9 Å². The molecule has 0 aliphatic carbocycles. The highest BCUT2D eigenvalue weighted by molar-refractivity contribution is 5.93. The van der Waals surface area contributed by atoms with Crippen molar-refractivity contribution >= 4 is 5.90 Å². The fourth-order valence-corrected chi connectivity index (χ4v) is 1.15. The lowest BCUT2D eigenvalue weighted by atomic mass is 10.2. The van der Waals surface area contributed by atoms with Crippen molar-refractivity contribution in [2.24, 2.45) is 5.16 Å². The standard InChI is InChI=1S/C10H11NO2/c1-8-7-12-11-10(13-8)9-5-3-2-4-6-9/h2-6,8H,7H2,1H3. The zero-order valence-electron chi connectivity index (χ0n) is 7.43. The summed E-state index contributed by atoms with van der Waals surface area (Å²) in [6.07, 6.45) is 0.0766. The molecular formula is C10H11NO2. The second-order valence-corrected chi connectivity index (χ2v) is 2.99. The van der Waals surface area contributed by atoms with Crippen molar-refractivity contribution in [3.8, 4) is 0 Å². The molecule has 1 aliphatic heterocycles. The zero-order chi connectivity index (χ0) is 9.10. The first-order valence-corrected chi connectivity index (χ1v) is 4.28. The van der Waals surface area contributed by atoms with Gasteiger partial charge in [-0.3, -0.25) is 0 Å². The Morgan fingerprint density at radius 1 is 1.31 bits per heavy atom. The van der Waals surface area contributed by atoms with Gasteiger partial charge >= 0.3 is 0 Å². The smallest absolute Gasteiger partial charge is 0.257 e. The molecule has 3 nitrogen and oxygen atoms in total. The van der Waals surface area contributed by atoms with E-state index >= 15 is 0 Å². The molecule has 0 aromatic heterocycles. The van der Waals surface area contributed by atoms with Gasteiger partial charge in [-0.05, 0) is 24.2 Å². The van der Waals surface area contributed by atoms with E-state index in [1.165, 1.54) is 0 Å². The molecule has 2 rings (SSSR count). The van der Waals surface area contributed by atoms with Gasteiger partial charge in [0.1, 0.15) is 6.10 Å². The third-order valence-electron chi connectivity index (χ3n) is 1.79. The van der Waals surface area contributed by atoms with Crippen LogP contribution in [0, 0.1) is 0 Å². The summed E-state index contributed by atoms with van der Waals surface area (Å²) in [5, 5.41) is 3.84. The fraction of sp³-hybridized carbons (Fsp3) is 0.300. The summed E-state index contributed by atoms with van der Waals surface area (Å²) in [6.45, 7) is 2.48. The molecule has 1 unspecified atom stereocenters. The van der Waals surface area contributed by atoms with Crippen molar-refractivity contribution in [2.45, 2.75) is 13.0 Å². The number of ether oxygens (including phenoxy) is 1. The van der Waals surface area contributed by atoms with Gasteiger partial charge in [0.05, 0.1) is 0 Å². The Morgan fingerprint density at radius 2 is 2.08 bits per heavy atom. The van der Waals surface area contributed by atoms with Crippen LogP contribution in [-0.2, 0) is 9.57 Å². The lowest BCUT2D eigenvalue weighted by Crippen LogP contribution is -2.25. The largest absolute Gasteiger partial charge is 0.468 e. The quantitative estimate of drug-likeness (QED) is 0.654. The lowest BCUT2D eigenvalue weighted by molar-refractivity contribution is 0.0196. The van der Waals surface area contributed by atoms with Crippen molar-refractivity contribution in [2.75, 3.05) is 6.61 Å². The number of rotatable bonds is 1. The molecule has 0 saturated heterocycles. The molecule has 1 atom stereocenters. The number of oxime groups is 1. The molecule has 0 fully saturated rings. The Balaban J connectivity index is 2.22. The van der Waals surface area contributed by atoms with E-state index in [-0.39, 0.29) is 6.10 Å². The second-order valence-electron chi connectivity index (χ2n) is 2.99. The molecule has 1 aromatic carbocycles. The highest BCUT2D eigenvalue weighted by Crippen LogP contribution is 2.09. The van der Waals surface area contributed by atoms with Crippen LogP contribution in [0.15, 0.2) is 35.5 Å². The first-order valence-electron chi connectivity index (χ1n) is 4.28. The molecule has 0 amide bonds. The van der Waals surface area contributed by atoms with E-state index in [0.29, 0.717) is 12.5 Å². The monoisotopic (exact) mass is 177 g/mol. The van der Waals surface area contributed by atoms with Crippen LogP contribution in [0.25, 0.3) is 0 Å². The number of nitrogens with zero attached hydrogens (tertiary/aromatic N) is 1. The van der Waals surface area contributed by atoms with Gasteiger partial charge in [-0.25, -0.2) is 0 Å². The molecule has 1 aliphatic rings. The summed E-state index contributed by atoms with van der Waals surface area (Å²) in [5.74, 6) is 0.569. The predicted molar refractivity (Wildman–Crippen MR) is 49.5 cm³/mol. The summed E-state index contributed by atoms with van der Waals surface area (Å²) in [6, 6.07) is 9.73. The highest BCUT2D eigenvalue weighted by Gasteiger charge is 2.15. The minimum atomic E-state index is 0.0766. The second kappa shape index (κ2) is 3.47. The Hall–Kier alpha value is -1.51.